The zero-order valence-corrected chi connectivity index (χ0v) is 18.0. The van der Waals surface area contributed by atoms with E-state index in [1.54, 1.807) is 0 Å². The van der Waals surface area contributed by atoms with Crippen LogP contribution < -0.4 is 9.47 Å². The van der Waals surface area contributed by atoms with E-state index in [2.05, 4.69) is 41.1 Å². The number of H-pyrrole nitrogens is 1. The minimum atomic E-state index is -0.486. The molecule has 3 aromatic rings. The third-order valence-corrected chi connectivity index (χ3v) is 6.42. The Morgan fingerprint density at radius 1 is 1.13 bits per heavy atom. The largest absolute Gasteiger partial charge is 0.454 e. The number of ether oxygens (including phenoxy) is 3. The number of likely N-dealkylation sites (tertiary alicyclic amines) is 1. The molecule has 0 aliphatic carbocycles. The second-order valence-electron chi connectivity index (χ2n) is 8.64. The maximum atomic E-state index is 10.5. The summed E-state index contributed by atoms with van der Waals surface area (Å²) in [6, 6.07) is 14.4. The molecule has 1 aromatic heterocycles. The first-order valence-corrected chi connectivity index (χ1v) is 11.1. The van der Waals surface area contributed by atoms with Crippen molar-refractivity contribution < 1.29 is 19.3 Å². The smallest absolute Gasteiger partial charge is 0.231 e. The summed E-state index contributed by atoms with van der Waals surface area (Å²) in [5.74, 6) is 2.11. The molecule has 5 rings (SSSR count). The third-order valence-electron chi connectivity index (χ3n) is 6.42. The fraction of sp³-hybridized carbons (Fsp3) is 0.440. The summed E-state index contributed by atoms with van der Waals surface area (Å²) in [5, 5.41) is 11.8. The van der Waals surface area contributed by atoms with Crippen LogP contribution in [0.4, 0.5) is 0 Å². The van der Waals surface area contributed by atoms with Gasteiger partial charge in [0, 0.05) is 23.1 Å². The number of aliphatic hydroxyl groups is 1. The predicted octanol–water partition coefficient (Wildman–Crippen LogP) is 3.96. The second-order valence-corrected chi connectivity index (χ2v) is 8.64. The van der Waals surface area contributed by atoms with Gasteiger partial charge in [0.25, 0.3) is 0 Å². The number of aryl methyl sites for hydroxylation is 1. The Hall–Kier alpha value is -2.54. The van der Waals surface area contributed by atoms with Crippen molar-refractivity contribution in [2.75, 3.05) is 33.0 Å². The van der Waals surface area contributed by atoms with E-state index < -0.39 is 6.10 Å². The molecule has 164 valence electrons. The number of benzene rings is 2. The number of aromatic amines is 1. The maximum Gasteiger partial charge on any atom is 0.231 e. The lowest BCUT2D eigenvalue weighted by atomic mass is 9.87. The Bertz CT molecular complexity index is 1040. The molecule has 2 aliphatic heterocycles. The highest BCUT2D eigenvalue weighted by molar-refractivity contribution is 5.85. The topological polar surface area (TPSA) is 67.0 Å². The number of nitrogens with zero attached hydrogens (tertiary/aromatic N) is 1. The average molecular weight is 423 g/mol. The van der Waals surface area contributed by atoms with Crippen molar-refractivity contribution in [2.45, 2.75) is 38.4 Å². The molecule has 0 saturated carbocycles. The molecule has 0 bridgehead atoms. The Balaban J connectivity index is 1.08. The second kappa shape index (κ2) is 8.91. The van der Waals surface area contributed by atoms with Gasteiger partial charge in [-0.3, -0.25) is 0 Å². The normalized spacial score (nSPS) is 18.0. The van der Waals surface area contributed by atoms with E-state index in [9.17, 15) is 5.11 Å². The van der Waals surface area contributed by atoms with Crippen LogP contribution in [0.3, 0.4) is 0 Å². The van der Waals surface area contributed by atoms with Crippen LogP contribution in [0.5, 0.6) is 11.5 Å². The molecular formula is C25H30N2O4. The molecule has 1 atom stereocenters. The maximum absolute atomic E-state index is 10.5. The summed E-state index contributed by atoms with van der Waals surface area (Å²) in [5.41, 5.74) is 5.01. The van der Waals surface area contributed by atoms with Gasteiger partial charge in [-0.05, 0) is 68.1 Å². The van der Waals surface area contributed by atoms with Crippen molar-refractivity contribution in [3.63, 3.8) is 0 Å². The molecule has 1 fully saturated rings. The van der Waals surface area contributed by atoms with Gasteiger partial charge in [0.15, 0.2) is 11.5 Å². The number of hydrogen-bond donors (Lipinski definition) is 2. The van der Waals surface area contributed by atoms with Crippen molar-refractivity contribution in [3.8, 4) is 11.5 Å². The minimum Gasteiger partial charge on any atom is -0.454 e. The van der Waals surface area contributed by atoms with Gasteiger partial charge in [-0.25, -0.2) is 0 Å². The van der Waals surface area contributed by atoms with Gasteiger partial charge in [0.2, 0.25) is 6.79 Å². The summed E-state index contributed by atoms with van der Waals surface area (Å²) < 4.78 is 16.5. The van der Waals surface area contributed by atoms with Crippen molar-refractivity contribution in [2.24, 2.45) is 0 Å². The van der Waals surface area contributed by atoms with Crippen molar-refractivity contribution in [1.29, 1.82) is 0 Å². The quantitative estimate of drug-likeness (QED) is 0.603. The number of aliphatic hydroxyl groups excluding tert-OH is 1. The molecular weight excluding hydrogens is 392 g/mol. The molecule has 6 nitrogen and oxygen atoms in total. The molecule has 6 heteroatoms. The van der Waals surface area contributed by atoms with Gasteiger partial charge in [-0.1, -0.05) is 24.3 Å². The van der Waals surface area contributed by atoms with Crippen LogP contribution in [-0.4, -0.2) is 54.1 Å². The van der Waals surface area contributed by atoms with E-state index in [0.29, 0.717) is 25.7 Å². The van der Waals surface area contributed by atoms with Gasteiger partial charge in [-0.2, -0.15) is 0 Å². The minimum absolute atomic E-state index is 0.273. The summed E-state index contributed by atoms with van der Waals surface area (Å²) in [6.45, 7) is 5.90. The van der Waals surface area contributed by atoms with E-state index in [4.69, 9.17) is 14.2 Å². The van der Waals surface area contributed by atoms with E-state index in [1.807, 2.05) is 18.2 Å². The third kappa shape index (κ3) is 4.42. The summed E-state index contributed by atoms with van der Waals surface area (Å²) in [7, 11) is 0. The SMILES string of the molecule is Cc1[nH]c2ccccc2c1C1CCN(CC(O)COCc2ccc3c(c2)OCO3)CC1. The Labute approximate surface area is 182 Å². The first-order chi connectivity index (χ1) is 15.2. The molecule has 2 N–H and O–H groups in total. The van der Waals surface area contributed by atoms with Gasteiger partial charge < -0.3 is 29.2 Å². The summed E-state index contributed by atoms with van der Waals surface area (Å²) in [6.07, 6.45) is 1.75. The van der Waals surface area contributed by atoms with Gasteiger partial charge in [0.05, 0.1) is 19.3 Å². The zero-order chi connectivity index (χ0) is 21.2. The molecule has 1 saturated heterocycles. The molecule has 31 heavy (non-hydrogen) atoms. The number of nitrogens with one attached hydrogen (secondary N) is 1. The van der Waals surface area contributed by atoms with E-state index in [-0.39, 0.29) is 6.79 Å². The number of aromatic nitrogens is 1. The number of rotatable bonds is 7. The Morgan fingerprint density at radius 2 is 1.94 bits per heavy atom. The fourth-order valence-corrected chi connectivity index (χ4v) is 4.92. The van der Waals surface area contributed by atoms with Crippen molar-refractivity contribution >= 4 is 10.9 Å². The van der Waals surface area contributed by atoms with Crippen LogP contribution in [0, 0.1) is 6.92 Å². The molecule has 0 amide bonds. The lowest BCUT2D eigenvalue weighted by Crippen LogP contribution is -2.39. The lowest BCUT2D eigenvalue weighted by molar-refractivity contribution is 0.00620. The number of piperidine rings is 1. The zero-order valence-electron chi connectivity index (χ0n) is 18.0. The van der Waals surface area contributed by atoms with Gasteiger partial charge in [0.1, 0.15) is 0 Å². The standard InChI is InChI=1S/C25H30N2O4/c1-17-25(21-4-2-3-5-22(21)26-17)19-8-10-27(11-9-19)13-20(28)15-29-14-18-6-7-23-24(12-18)31-16-30-23/h2-7,12,19-20,26,28H,8-11,13-16H2,1H3. The van der Waals surface area contributed by atoms with Crippen LogP contribution in [0.1, 0.15) is 35.6 Å². The highest BCUT2D eigenvalue weighted by atomic mass is 16.7. The van der Waals surface area contributed by atoms with E-state index in [0.717, 1.165) is 43.0 Å². The van der Waals surface area contributed by atoms with Gasteiger partial charge in [-0.15, -0.1) is 0 Å². The Kier molecular flexibility index (Phi) is 5.85. The summed E-state index contributed by atoms with van der Waals surface area (Å²) in [4.78, 5) is 5.89. The monoisotopic (exact) mass is 422 g/mol. The van der Waals surface area contributed by atoms with E-state index >= 15 is 0 Å². The number of para-hydroxylation sites is 1. The highest BCUT2D eigenvalue weighted by Gasteiger charge is 2.25. The molecule has 0 radical (unpaired) electrons. The first-order valence-electron chi connectivity index (χ1n) is 11.1. The van der Waals surface area contributed by atoms with Crippen LogP contribution in [0.25, 0.3) is 10.9 Å². The van der Waals surface area contributed by atoms with Crippen molar-refractivity contribution in [1.82, 2.24) is 9.88 Å². The van der Waals surface area contributed by atoms with Crippen LogP contribution in [-0.2, 0) is 11.3 Å². The molecule has 2 aromatic carbocycles. The predicted molar refractivity (Wildman–Crippen MR) is 120 cm³/mol. The first kappa shape index (κ1) is 20.4. The van der Waals surface area contributed by atoms with Gasteiger partial charge >= 0.3 is 0 Å². The molecule has 2 aliphatic rings. The number of hydrogen-bond acceptors (Lipinski definition) is 5. The number of β-amino-alcohol motifs (C(OH)–C–C–N with tert-alkyl or cyclic N) is 1. The molecule has 3 heterocycles. The van der Waals surface area contributed by atoms with Crippen LogP contribution >= 0.6 is 0 Å². The van der Waals surface area contributed by atoms with Crippen molar-refractivity contribution in [3.05, 3.63) is 59.3 Å². The fourth-order valence-electron chi connectivity index (χ4n) is 4.92. The number of fused-ring (bicyclic) bond motifs is 2. The summed E-state index contributed by atoms with van der Waals surface area (Å²) >= 11 is 0. The highest BCUT2D eigenvalue weighted by Crippen LogP contribution is 2.35. The van der Waals surface area contributed by atoms with Crippen LogP contribution in [0.15, 0.2) is 42.5 Å². The van der Waals surface area contributed by atoms with E-state index in [1.165, 1.54) is 22.2 Å². The van der Waals surface area contributed by atoms with Crippen LogP contribution in [0.2, 0.25) is 0 Å². The average Bonchev–Trinajstić information content (AvgIpc) is 3.37. The molecule has 1 unspecified atom stereocenters. The lowest BCUT2D eigenvalue weighted by Gasteiger charge is -2.33. The Morgan fingerprint density at radius 3 is 2.81 bits per heavy atom. The molecule has 0 spiro atoms.